The fourth-order valence-corrected chi connectivity index (χ4v) is 5.28. The van der Waals surface area contributed by atoms with Crippen molar-refractivity contribution in [1.29, 1.82) is 5.26 Å². The van der Waals surface area contributed by atoms with Crippen molar-refractivity contribution < 1.29 is 4.79 Å². The average molecular weight is 511 g/mol. The Morgan fingerprint density at radius 1 is 1.21 bits per heavy atom. The molecule has 33 heavy (non-hydrogen) atoms. The number of halogens is 1. The quantitative estimate of drug-likeness (QED) is 0.525. The molecule has 2 aliphatic rings. The van der Waals surface area contributed by atoms with Crippen LogP contribution in [-0.4, -0.2) is 71.4 Å². The molecule has 1 aromatic heterocycles. The Kier molecular flexibility index (Phi) is 7.74. The predicted octanol–water partition coefficient (Wildman–Crippen LogP) is 3.74. The van der Waals surface area contributed by atoms with Gasteiger partial charge in [-0.15, -0.1) is 0 Å². The summed E-state index contributed by atoms with van der Waals surface area (Å²) >= 11 is 3.54. The number of hydrogen-bond acceptors (Lipinski definition) is 7. The summed E-state index contributed by atoms with van der Waals surface area (Å²) < 4.78 is 0.705. The molecule has 1 aromatic carbocycles. The maximum atomic E-state index is 13.3. The molecule has 7 nitrogen and oxygen atoms in total. The lowest BCUT2D eigenvalue weighted by Gasteiger charge is -2.33. The second-order valence-corrected chi connectivity index (χ2v) is 10.1. The number of likely N-dealkylation sites (N-methyl/N-ethyl adjacent to an activating group) is 1. The van der Waals surface area contributed by atoms with Crippen LogP contribution in [0, 0.1) is 17.2 Å². The van der Waals surface area contributed by atoms with Gasteiger partial charge in [-0.25, -0.2) is 9.97 Å². The zero-order valence-corrected chi connectivity index (χ0v) is 21.0. The van der Waals surface area contributed by atoms with Gasteiger partial charge in [0.15, 0.2) is 5.78 Å². The summed E-state index contributed by atoms with van der Waals surface area (Å²) in [5.74, 6) is 1.25. The molecule has 2 fully saturated rings. The van der Waals surface area contributed by atoms with E-state index in [9.17, 15) is 10.1 Å². The molecule has 2 atom stereocenters. The number of rotatable bonds is 7. The standard InChI is InChI=1S/C25H31BrN6O/c1-18-4-3-5-22(18)32(25-21(26)15-28-24(14-27)29-25)17-23(33)20-8-6-19(7-9-20)16-31-12-10-30(2)11-13-31/h6-9,15,18,22H,3-5,10-13,16-17H2,1-2H3/t18-,22+/m0/s1. The van der Waals surface area contributed by atoms with E-state index in [0.717, 1.165) is 52.0 Å². The van der Waals surface area contributed by atoms with E-state index in [-0.39, 0.29) is 24.2 Å². The molecule has 1 aliphatic carbocycles. The summed E-state index contributed by atoms with van der Waals surface area (Å²) in [6.45, 7) is 7.71. The number of Topliss-reactive ketones (excluding diaryl/α,β-unsaturated/α-hetero) is 1. The van der Waals surface area contributed by atoms with Gasteiger partial charge in [0.25, 0.3) is 0 Å². The molecule has 0 amide bonds. The van der Waals surface area contributed by atoms with E-state index < -0.39 is 0 Å². The van der Waals surface area contributed by atoms with Gasteiger partial charge in [-0.1, -0.05) is 37.6 Å². The minimum absolute atomic E-state index is 0.0595. The second-order valence-electron chi connectivity index (χ2n) is 9.28. The van der Waals surface area contributed by atoms with Gasteiger partial charge in [-0.05, 0) is 47.3 Å². The fourth-order valence-electron chi connectivity index (χ4n) is 4.86. The maximum Gasteiger partial charge on any atom is 0.234 e. The van der Waals surface area contributed by atoms with E-state index in [2.05, 4.69) is 66.7 Å². The van der Waals surface area contributed by atoms with Crippen molar-refractivity contribution in [2.45, 2.75) is 38.8 Å². The molecule has 2 aromatic rings. The van der Waals surface area contributed by atoms with E-state index in [1.807, 2.05) is 18.2 Å². The molecule has 8 heteroatoms. The van der Waals surface area contributed by atoms with Crippen LogP contribution < -0.4 is 4.90 Å². The van der Waals surface area contributed by atoms with Crippen molar-refractivity contribution in [3.63, 3.8) is 0 Å². The lowest BCUT2D eigenvalue weighted by Crippen LogP contribution is -2.43. The SMILES string of the molecule is C[C@H]1CCC[C@H]1N(CC(=O)c1ccc(CN2CCN(C)CC2)cc1)c1nc(C#N)ncc1Br. The van der Waals surface area contributed by atoms with Gasteiger partial charge in [0.2, 0.25) is 5.82 Å². The minimum Gasteiger partial charge on any atom is -0.345 e. The normalized spacial score (nSPS) is 21.6. The molecule has 174 valence electrons. The second kappa shape index (κ2) is 10.7. The molecule has 0 unspecified atom stereocenters. The minimum atomic E-state index is 0.0595. The largest absolute Gasteiger partial charge is 0.345 e. The highest BCUT2D eigenvalue weighted by Gasteiger charge is 2.32. The third-order valence-corrected chi connectivity index (χ3v) is 7.47. The zero-order valence-electron chi connectivity index (χ0n) is 19.4. The van der Waals surface area contributed by atoms with Crippen molar-refractivity contribution in [2.75, 3.05) is 44.7 Å². The molecule has 0 radical (unpaired) electrons. The van der Waals surface area contributed by atoms with Gasteiger partial charge in [0.05, 0.1) is 11.0 Å². The van der Waals surface area contributed by atoms with Crippen LogP contribution in [0.2, 0.25) is 0 Å². The number of ketones is 1. The maximum absolute atomic E-state index is 13.3. The Morgan fingerprint density at radius 3 is 2.58 bits per heavy atom. The van der Waals surface area contributed by atoms with E-state index in [1.165, 1.54) is 5.56 Å². The first-order valence-electron chi connectivity index (χ1n) is 11.7. The van der Waals surface area contributed by atoms with Crippen LogP contribution in [0.25, 0.3) is 0 Å². The van der Waals surface area contributed by atoms with Crippen molar-refractivity contribution in [2.24, 2.45) is 5.92 Å². The molecule has 1 saturated heterocycles. The number of piperazine rings is 1. The van der Waals surface area contributed by atoms with E-state index in [1.54, 1.807) is 6.20 Å². The summed E-state index contributed by atoms with van der Waals surface area (Å²) in [4.78, 5) is 28.7. The third kappa shape index (κ3) is 5.78. The van der Waals surface area contributed by atoms with Crippen LogP contribution in [-0.2, 0) is 6.54 Å². The third-order valence-electron chi connectivity index (χ3n) is 6.91. The summed E-state index contributed by atoms with van der Waals surface area (Å²) in [5.41, 5.74) is 1.94. The monoisotopic (exact) mass is 510 g/mol. The average Bonchev–Trinajstić information content (AvgIpc) is 3.25. The van der Waals surface area contributed by atoms with Gasteiger partial charge < -0.3 is 9.80 Å². The molecule has 1 saturated carbocycles. The highest BCUT2D eigenvalue weighted by atomic mass is 79.9. The van der Waals surface area contributed by atoms with Gasteiger partial charge in [0.1, 0.15) is 11.9 Å². The molecule has 0 spiro atoms. The van der Waals surface area contributed by atoms with Crippen LogP contribution in [0.5, 0.6) is 0 Å². The van der Waals surface area contributed by atoms with Gasteiger partial charge in [-0.3, -0.25) is 9.69 Å². The van der Waals surface area contributed by atoms with E-state index in [4.69, 9.17) is 0 Å². The number of nitrogens with zero attached hydrogens (tertiary/aromatic N) is 6. The Bertz CT molecular complexity index is 1010. The topological polar surface area (TPSA) is 76.4 Å². The van der Waals surface area contributed by atoms with Gasteiger partial charge >= 0.3 is 0 Å². The smallest absolute Gasteiger partial charge is 0.234 e. The highest BCUT2D eigenvalue weighted by Crippen LogP contribution is 2.35. The number of carbonyl (C=O) groups excluding carboxylic acids is 1. The molecular weight excluding hydrogens is 480 g/mol. The molecule has 4 rings (SSSR count). The number of benzene rings is 1. The number of hydrogen-bond donors (Lipinski definition) is 0. The summed E-state index contributed by atoms with van der Waals surface area (Å²) in [6.07, 6.45) is 4.87. The van der Waals surface area contributed by atoms with Crippen LogP contribution in [0.1, 0.15) is 47.9 Å². The number of carbonyl (C=O) groups is 1. The van der Waals surface area contributed by atoms with E-state index in [0.29, 0.717) is 21.8 Å². The summed E-state index contributed by atoms with van der Waals surface area (Å²) in [5, 5.41) is 9.29. The van der Waals surface area contributed by atoms with Crippen molar-refractivity contribution in [3.8, 4) is 6.07 Å². The molecule has 0 bridgehead atoms. The molecule has 2 heterocycles. The lowest BCUT2D eigenvalue weighted by molar-refractivity contribution is 0.0995. The first kappa shape index (κ1) is 23.8. The number of aromatic nitrogens is 2. The van der Waals surface area contributed by atoms with Gasteiger partial charge in [-0.2, -0.15) is 5.26 Å². The Hall–Kier alpha value is -2.34. The number of nitriles is 1. The molecule has 0 N–H and O–H groups in total. The van der Waals surface area contributed by atoms with Gasteiger partial charge in [0, 0.05) is 50.5 Å². The lowest BCUT2D eigenvalue weighted by atomic mass is 10.0. The zero-order chi connectivity index (χ0) is 23.4. The Labute approximate surface area is 204 Å². The molecule has 1 aliphatic heterocycles. The first-order chi connectivity index (χ1) is 15.9. The number of anilines is 1. The summed E-state index contributed by atoms with van der Waals surface area (Å²) in [6, 6.07) is 10.3. The Balaban J connectivity index is 1.49. The van der Waals surface area contributed by atoms with Crippen molar-refractivity contribution in [1.82, 2.24) is 19.8 Å². The van der Waals surface area contributed by atoms with Crippen LogP contribution in [0.4, 0.5) is 5.82 Å². The fraction of sp³-hybridized carbons (Fsp3) is 0.520. The van der Waals surface area contributed by atoms with Crippen LogP contribution in [0.3, 0.4) is 0 Å². The van der Waals surface area contributed by atoms with Crippen LogP contribution >= 0.6 is 15.9 Å². The predicted molar refractivity (Wildman–Crippen MR) is 132 cm³/mol. The molecular formula is C25H31BrN6O. The summed E-state index contributed by atoms with van der Waals surface area (Å²) in [7, 11) is 2.16. The van der Waals surface area contributed by atoms with Crippen molar-refractivity contribution >= 4 is 27.5 Å². The van der Waals surface area contributed by atoms with Crippen LogP contribution in [0.15, 0.2) is 34.9 Å². The highest BCUT2D eigenvalue weighted by molar-refractivity contribution is 9.10. The Morgan fingerprint density at radius 2 is 1.94 bits per heavy atom. The first-order valence-corrected chi connectivity index (χ1v) is 12.5. The van der Waals surface area contributed by atoms with E-state index >= 15 is 0 Å². The van der Waals surface area contributed by atoms with Crippen molar-refractivity contribution in [3.05, 3.63) is 51.9 Å².